The highest BCUT2D eigenvalue weighted by Gasteiger charge is 2.22. The Labute approximate surface area is 176 Å². The predicted molar refractivity (Wildman–Crippen MR) is 116 cm³/mol. The van der Waals surface area contributed by atoms with Gasteiger partial charge in [0.25, 0.3) is 0 Å². The summed E-state index contributed by atoms with van der Waals surface area (Å²) >= 11 is 6.12. The number of sulfone groups is 1. The fourth-order valence-corrected chi connectivity index (χ4v) is 4.26. The van der Waals surface area contributed by atoms with Crippen LogP contribution in [0.3, 0.4) is 0 Å². The summed E-state index contributed by atoms with van der Waals surface area (Å²) in [6, 6.07) is 15.8. The van der Waals surface area contributed by atoms with E-state index in [-0.39, 0.29) is 23.0 Å². The largest absolute Gasteiger partial charge is 0.294 e. The van der Waals surface area contributed by atoms with E-state index in [2.05, 4.69) is 4.98 Å². The lowest BCUT2D eigenvalue weighted by atomic mass is 9.84. The first-order valence-electron chi connectivity index (χ1n) is 9.17. The van der Waals surface area contributed by atoms with Crippen molar-refractivity contribution in [3.63, 3.8) is 0 Å². The topological polar surface area (TPSA) is 64.1 Å². The first kappa shape index (κ1) is 21.2. The Hall–Kier alpha value is -2.50. The highest BCUT2D eigenvalue weighted by atomic mass is 35.5. The monoisotopic (exact) mass is 427 g/mol. The van der Waals surface area contributed by atoms with Crippen LogP contribution >= 0.6 is 11.6 Å². The van der Waals surface area contributed by atoms with Gasteiger partial charge in [-0.15, -0.1) is 0 Å². The van der Waals surface area contributed by atoms with Gasteiger partial charge in [0.2, 0.25) is 0 Å². The molecule has 3 aromatic rings. The van der Waals surface area contributed by atoms with Crippen molar-refractivity contribution in [1.29, 1.82) is 0 Å². The van der Waals surface area contributed by atoms with Crippen LogP contribution in [-0.2, 0) is 9.84 Å². The van der Waals surface area contributed by atoms with Gasteiger partial charge in [-0.1, -0.05) is 29.8 Å². The molecule has 0 aliphatic rings. The van der Waals surface area contributed by atoms with Crippen LogP contribution in [0.15, 0.2) is 65.7 Å². The van der Waals surface area contributed by atoms with Crippen LogP contribution in [0.25, 0.3) is 0 Å². The average Bonchev–Trinajstić information content (AvgIpc) is 2.66. The van der Waals surface area contributed by atoms with Gasteiger partial charge in [0.15, 0.2) is 15.6 Å². The molecule has 0 saturated heterocycles. The van der Waals surface area contributed by atoms with E-state index < -0.39 is 9.84 Å². The number of Topliss-reactive ketones (excluding diaryl/α,β-unsaturated/α-hetero) is 1. The first-order chi connectivity index (χ1) is 13.6. The zero-order chi connectivity index (χ0) is 21.2. The van der Waals surface area contributed by atoms with Crippen LogP contribution in [0.1, 0.15) is 45.1 Å². The molecule has 1 unspecified atom stereocenters. The van der Waals surface area contributed by atoms with E-state index in [0.29, 0.717) is 10.6 Å². The third-order valence-electron chi connectivity index (χ3n) is 4.93. The molecule has 1 heterocycles. The summed E-state index contributed by atoms with van der Waals surface area (Å²) in [4.78, 5) is 17.4. The molecule has 0 aliphatic heterocycles. The fourth-order valence-electron chi connectivity index (χ4n) is 3.41. The van der Waals surface area contributed by atoms with Gasteiger partial charge in [-0.05, 0) is 66.9 Å². The SMILES string of the molecule is Cc1cc(C(=O)CC(c2ccc(S(C)(=O)=O)cc2)c2ccc(Cl)cc2C)ccn1. The van der Waals surface area contributed by atoms with Crippen LogP contribution in [0.2, 0.25) is 5.02 Å². The number of hydrogen-bond acceptors (Lipinski definition) is 4. The van der Waals surface area contributed by atoms with Crippen molar-refractivity contribution in [2.75, 3.05) is 6.26 Å². The molecule has 4 nitrogen and oxygen atoms in total. The number of carbonyl (C=O) groups excluding carboxylic acids is 1. The second-order valence-electron chi connectivity index (χ2n) is 7.21. The lowest BCUT2D eigenvalue weighted by molar-refractivity contribution is 0.0977. The highest BCUT2D eigenvalue weighted by Crippen LogP contribution is 2.33. The van der Waals surface area contributed by atoms with Crippen molar-refractivity contribution in [2.45, 2.75) is 31.1 Å². The molecule has 0 aliphatic carbocycles. The number of hydrogen-bond donors (Lipinski definition) is 0. The lowest BCUT2D eigenvalue weighted by Crippen LogP contribution is -2.11. The number of ketones is 1. The van der Waals surface area contributed by atoms with E-state index in [0.717, 1.165) is 22.4 Å². The van der Waals surface area contributed by atoms with Gasteiger partial charge in [-0.25, -0.2) is 8.42 Å². The Bertz CT molecular complexity index is 1150. The van der Waals surface area contributed by atoms with Crippen molar-refractivity contribution in [3.8, 4) is 0 Å². The molecule has 1 aromatic heterocycles. The van der Waals surface area contributed by atoms with Crippen molar-refractivity contribution < 1.29 is 13.2 Å². The van der Waals surface area contributed by atoms with Crippen molar-refractivity contribution in [3.05, 3.63) is 93.8 Å². The van der Waals surface area contributed by atoms with E-state index in [4.69, 9.17) is 11.6 Å². The van der Waals surface area contributed by atoms with Gasteiger partial charge in [0.1, 0.15) is 0 Å². The molecule has 0 spiro atoms. The third-order valence-corrected chi connectivity index (χ3v) is 6.29. The average molecular weight is 428 g/mol. The van der Waals surface area contributed by atoms with Gasteiger partial charge in [0.05, 0.1) is 4.90 Å². The zero-order valence-electron chi connectivity index (χ0n) is 16.5. The molecular formula is C23H22ClNO3S. The molecule has 150 valence electrons. The summed E-state index contributed by atoms with van der Waals surface area (Å²) in [6.45, 7) is 3.81. The van der Waals surface area contributed by atoms with Gasteiger partial charge in [-0.3, -0.25) is 9.78 Å². The van der Waals surface area contributed by atoms with Crippen LogP contribution in [0, 0.1) is 13.8 Å². The Morgan fingerprint density at radius 1 is 1.03 bits per heavy atom. The standard InChI is InChI=1S/C23H22ClNO3S/c1-15-12-19(24)6-9-21(15)22(14-23(26)18-10-11-25-16(2)13-18)17-4-7-20(8-5-17)29(3,27)28/h4-13,22H,14H2,1-3H3. The minimum atomic E-state index is -3.29. The lowest BCUT2D eigenvalue weighted by Gasteiger charge is -2.20. The van der Waals surface area contributed by atoms with Crippen molar-refractivity contribution in [1.82, 2.24) is 4.98 Å². The molecule has 0 N–H and O–H groups in total. The molecule has 0 amide bonds. The van der Waals surface area contributed by atoms with Gasteiger partial charge in [-0.2, -0.15) is 0 Å². The predicted octanol–water partition coefficient (Wildman–Crippen LogP) is 5.16. The molecule has 2 aromatic carbocycles. The fraction of sp³-hybridized carbons (Fsp3) is 0.217. The molecular weight excluding hydrogens is 406 g/mol. The number of aryl methyl sites for hydroxylation is 2. The van der Waals surface area contributed by atoms with E-state index >= 15 is 0 Å². The van der Waals surface area contributed by atoms with Gasteiger partial charge < -0.3 is 0 Å². The quantitative estimate of drug-likeness (QED) is 0.509. The van der Waals surface area contributed by atoms with Crippen molar-refractivity contribution >= 4 is 27.2 Å². The molecule has 3 rings (SSSR count). The summed E-state index contributed by atoms with van der Waals surface area (Å²) < 4.78 is 23.6. The number of carbonyl (C=O) groups is 1. The molecule has 1 atom stereocenters. The minimum absolute atomic E-state index is 0.00189. The van der Waals surface area contributed by atoms with Crippen molar-refractivity contribution in [2.24, 2.45) is 0 Å². The van der Waals surface area contributed by atoms with Crippen LogP contribution in [0.5, 0.6) is 0 Å². The second kappa shape index (κ2) is 8.47. The Morgan fingerprint density at radius 3 is 2.31 bits per heavy atom. The third kappa shape index (κ3) is 5.11. The van der Waals surface area contributed by atoms with Crippen LogP contribution in [0.4, 0.5) is 0 Å². The first-order valence-corrected chi connectivity index (χ1v) is 11.4. The summed E-state index contributed by atoms with van der Waals surface area (Å²) in [5.74, 6) is -0.219. The number of rotatable bonds is 6. The molecule has 0 saturated carbocycles. The Balaban J connectivity index is 2.03. The number of halogens is 1. The second-order valence-corrected chi connectivity index (χ2v) is 9.66. The normalized spacial score (nSPS) is 12.6. The zero-order valence-corrected chi connectivity index (χ0v) is 18.1. The summed E-state index contributed by atoms with van der Waals surface area (Å²) in [5, 5.41) is 0.633. The Morgan fingerprint density at radius 2 is 1.72 bits per heavy atom. The van der Waals surface area contributed by atoms with Gasteiger partial charge >= 0.3 is 0 Å². The summed E-state index contributed by atoms with van der Waals surface area (Å²) in [5.41, 5.74) is 4.24. The van der Waals surface area contributed by atoms with Crippen LogP contribution in [-0.4, -0.2) is 25.4 Å². The molecule has 0 bridgehead atoms. The molecule has 0 fully saturated rings. The van der Waals surface area contributed by atoms with Gasteiger partial charge in [0, 0.05) is 41.1 Å². The van der Waals surface area contributed by atoms with E-state index in [1.165, 1.54) is 6.26 Å². The minimum Gasteiger partial charge on any atom is -0.294 e. The number of benzene rings is 2. The van der Waals surface area contributed by atoms with Crippen LogP contribution < -0.4 is 0 Å². The summed E-state index contributed by atoms with van der Waals surface area (Å²) in [7, 11) is -3.29. The van der Waals surface area contributed by atoms with E-state index in [1.807, 2.05) is 32.0 Å². The molecule has 29 heavy (non-hydrogen) atoms. The highest BCUT2D eigenvalue weighted by molar-refractivity contribution is 7.90. The maximum atomic E-state index is 13.0. The Kier molecular flexibility index (Phi) is 6.20. The van der Waals surface area contributed by atoms with E-state index in [1.54, 1.807) is 42.6 Å². The maximum absolute atomic E-state index is 13.0. The summed E-state index contributed by atoms with van der Waals surface area (Å²) in [6.07, 6.45) is 3.06. The number of pyridine rings is 1. The smallest absolute Gasteiger partial charge is 0.175 e. The molecule has 0 radical (unpaired) electrons. The molecule has 6 heteroatoms. The van der Waals surface area contributed by atoms with E-state index in [9.17, 15) is 13.2 Å². The number of nitrogens with zero attached hydrogens (tertiary/aromatic N) is 1. The maximum Gasteiger partial charge on any atom is 0.175 e. The number of aromatic nitrogens is 1.